The molecule has 5 aromatic carbocycles. The van der Waals surface area contributed by atoms with Crippen molar-refractivity contribution in [3.63, 3.8) is 0 Å². The number of hydrogen-bond acceptors (Lipinski definition) is 5. The molecule has 3 heterocycles. The minimum Gasteiger partial charge on any atom is -0.263 e. The molecular weight excluding hydrogens is 538 g/mol. The average Bonchev–Trinajstić information content (AvgIpc) is 3.11. The van der Waals surface area contributed by atoms with E-state index in [1.807, 2.05) is 91.5 Å². The van der Waals surface area contributed by atoms with E-state index in [0.29, 0.717) is 17.5 Å². The van der Waals surface area contributed by atoms with Gasteiger partial charge in [-0.1, -0.05) is 115 Å². The van der Waals surface area contributed by atoms with Crippen molar-refractivity contribution in [2.75, 3.05) is 0 Å². The molecule has 5 nitrogen and oxygen atoms in total. The normalized spacial score (nSPS) is 11.2. The fourth-order valence-corrected chi connectivity index (χ4v) is 5.70. The van der Waals surface area contributed by atoms with Crippen LogP contribution in [0.4, 0.5) is 0 Å². The number of hydrogen-bond donors (Lipinski definition) is 0. The number of rotatable bonds is 5. The van der Waals surface area contributed by atoms with E-state index in [1.54, 1.807) is 0 Å². The largest absolute Gasteiger partial charge is 0.263 e. The first-order valence-electron chi connectivity index (χ1n) is 14.5. The van der Waals surface area contributed by atoms with Crippen LogP contribution in [-0.4, -0.2) is 24.9 Å². The first-order chi connectivity index (χ1) is 21.8. The number of nitrogens with zero attached hydrogens (tertiary/aromatic N) is 5. The number of benzene rings is 5. The van der Waals surface area contributed by atoms with E-state index in [2.05, 4.69) is 70.6 Å². The Bertz CT molecular complexity index is 2140. The highest BCUT2D eigenvalue weighted by Crippen LogP contribution is 2.33. The highest BCUT2D eigenvalue weighted by atomic mass is 15.0. The van der Waals surface area contributed by atoms with Crippen molar-refractivity contribution in [3.8, 4) is 56.4 Å². The van der Waals surface area contributed by atoms with E-state index >= 15 is 0 Å². The highest BCUT2D eigenvalue weighted by molar-refractivity contribution is 5.97. The van der Waals surface area contributed by atoms with E-state index in [4.69, 9.17) is 15.0 Å². The van der Waals surface area contributed by atoms with Gasteiger partial charge in [0.1, 0.15) is 0 Å². The van der Waals surface area contributed by atoms with Gasteiger partial charge >= 0.3 is 0 Å². The summed E-state index contributed by atoms with van der Waals surface area (Å²) in [5.74, 6) is 1.85. The van der Waals surface area contributed by atoms with Crippen LogP contribution < -0.4 is 0 Å². The van der Waals surface area contributed by atoms with Crippen LogP contribution in [0.5, 0.6) is 0 Å². The van der Waals surface area contributed by atoms with Crippen molar-refractivity contribution < 1.29 is 0 Å². The zero-order chi connectivity index (χ0) is 29.3. The lowest BCUT2D eigenvalue weighted by atomic mass is 9.99. The Morgan fingerprint density at radius 3 is 1.25 bits per heavy atom. The summed E-state index contributed by atoms with van der Waals surface area (Å²) >= 11 is 0. The fourth-order valence-electron chi connectivity index (χ4n) is 5.70. The predicted octanol–water partition coefficient (Wildman–Crippen LogP) is 9.30. The third kappa shape index (κ3) is 4.76. The van der Waals surface area contributed by atoms with Gasteiger partial charge in [0.2, 0.25) is 0 Å². The van der Waals surface area contributed by atoms with Gasteiger partial charge in [-0.2, -0.15) is 0 Å². The predicted molar refractivity (Wildman–Crippen MR) is 178 cm³/mol. The summed E-state index contributed by atoms with van der Waals surface area (Å²) in [5, 5.41) is 4.51. The third-order valence-corrected chi connectivity index (χ3v) is 7.87. The molecule has 0 saturated carbocycles. The van der Waals surface area contributed by atoms with Gasteiger partial charge in [0.25, 0.3) is 0 Å². The molecule has 44 heavy (non-hydrogen) atoms. The Balaban J connectivity index is 1.28. The van der Waals surface area contributed by atoms with Gasteiger partial charge in [-0.15, -0.1) is 0 Å². The van der Waals surface area contributed by atoms with Gasteiger partial charge in [0, 0.05) is 63.4 Å². The topological polar surface area (TPSA) is 64.5 Å². The van der Waals surface area contributed by atoms with Gasteiger partial charge in [-0.25, -0.2) is 15.0 Å². The maximum atomic E-state index is 5.04. The first-order valence-corrected chi connectivity index (χ1v) is 14.5. The molecule has 0 atom stereocenters. The second-order valence-electron chi connectivity index (χ2n) is 10.7. The van der Waals surface area contributed by atoms with Crippen LogP contribution in [0.25, 0.3) is 78.0 Å². The molecule has 206 valence electrons. The summed E-state index contributed by atoms with van der Waals surface area (Å²) in [6.07, 6.45) is 7.64. The van der Waals surface area contributed by atoms with Crippen molar-refractivity contribution in [1.29, 1.82) is 0 Å². The van der Waals surface area contributed by atoms with Crippen molar-refractivity contribution in [2.24, 2.45) is 0 Å². The summed E-state index contributed by atoms with van der Waals surface area (Å²) in [5.41, 5.74) is 7.00. The smallest absolute Gasteiger partial charge is 0.164 e. The molecule has 8 aromatic rings. The number of aromatic nitrogens is 5. The standard InChI is InChI=1S/C39H25N5/c1-2-10-26(11-3-1)37-42-38(29-16-8-14-27(20-29)35-24-40-22-31-12-4-6-18-33(31)35)44-39(43-37)30-17-9-15-28(21-30)36-25-41-23-32-13-5-7-19-34(32)36/h1-25H. The second-order valence-corrected chi connectivity index (χ2v) is 10.7. The molecule has 0 aliphatic rings. The van der Waals surface area contributed by atoms with Crippen LogP contribution in [-0.2, 0) is 0 Å². The van der Waals surface area contributed by atoms with Gasteiger partial charge in [-0.05, 0) is 34.0 Å². The molecule has 0 fully saturated rings. The SMILES string of the molecule is c1ccc(-c2nc(-c3cccc(-c4cncc5ccccc45)c3)nc(-c3cccc(-c4cncc5ccccc45)c3)n2)cc1. The summed E-state index contributed by atoms with van der Waals surface area (Å²) in [6, 6.07) is 43.3. The average molecular weight is 564 g/mol. The minimum absolute atomic E-state index is 0.612. The van der Waals surface area contributed by atoms with E-state index in [1.165, 1.54) is 0 Å². The van der Waals surface area contributed by atoms with Crippen molar-refractivity contribution in [1.82, 2.24) is 24.9 Å². The minimum atomic E-state index is 0.612. The van der Waals surface area contributed by atoms with Crippen LogP contribution in [0.1, 0.15) is 0 Å². The van der Waals surface area contributed by atoms with E-state index < -0.39 is 0 Å². The molecule has 0 saturated heterocycles. The molecule has 3 aromatic heterocycles. The van der Waals surface area contributed by atoms with E-state index in [-0.39, 0.29) is 0 Å². The molecule has 0 bridgehead atoms. The molecule has 5 heteroatoms. The van der Waals surface area contributed by atoms with Gasteiger partial charge in [0.05, 0.1) is 0 Å². The lowest BCUT2D eigenvalue weighted by Crippen LogP contribution is -2.00. The van der Waals surface area contributed by atoms with Crippen molar-refractivity contribution in [2.45, 2.75) is 0 Å². The van der Waals surface area contributed by atoms with Gasteiger partial charge in [0.15, 0.2) is 17.5 Å². The molecule has 8 rings (SSSR count). The number of pyridine rings is 2. The Labute approximate surface area is 254 Å². The van der Waals surface area contributed by atoms with Crippen molar-refractivity contribution >= 4 is 21.5 Å². The maximum absolute atomic E-state index is 5.04. The Kier molecular flexibility index (Phi) is 6.39. The molecular formula is C39H25N5. The summed E-state index contributed by atoms with van der Waals surface area (Å²) < 4.78 is 0. The second kappa shape index (κ2) is 11.0. The van der Waals surface area contributed by atoms with Crippen molar-refractivity contribution in [3.05, 3.63) is 152 Å². The Hall–Kier alpha value is -6.07. The Morgan fingerprint density at radius 1 is 0.318 bits per heavy atom. The molecule has 0 aliphatic carbocycles. The molecule has 0 aliphatic heterocycles. The highest BCUT2D eigenvalue weighted by Gasteiger charge is 2.15. The lowest BCUT2D eigenvalue weighted by molar-refractivity contribution is 1.07. The molecule has 0 radical (unpaired) electrons. The summed E-state index contributed by atoms with van der Waals surface area (Å²) in [6.45, 7) is 0. The molecule has 0 N–H and O–H groups in total. The van der Waals surface area contributed by atoms with Gasteiger partial charge in [-0.3, -0.25) is 9.97 Å². The van der Waals surface area contributed by atoms with Crippen LogP contribution in [0.2, 0.25) is 0 Å². The molecule has 0 amide bonds. The van der Waals surface area contributed by atoms with Crippen LogP contribution in [0, 0.1) is 0 Å². The van der Waals surface area contributed by atoms with Gasteiger partial charge < -0.3 is 0 Å². The van der Waals surface area contributed by atoms with E-state index in [9.17, 15) is 0 Å². The lowest BCUT2D eigenvalue weighted by Gasteiger charge is -2.11. The molecule has 0 spiro atoms. The maximum Gasteiger partial charge on any atom is 0.164 e. The quantitative estimate of drug-likeness (QED) is 0.209. The Morgan fingerprint density at radius 2 is 0.727 bits per heavy atom. The summed E-state index contributed by atoms with van der Waals surface area (Å²) in [4.78, 5) is 24.0. The number of fused-ring (bicyclic) bond motifs is 2. The zero-order valence-corrected chi connectivity index (χ0v) is 23.7. The van der Waals surface area contributed by atoms with Crippen LogP contribution in [0.3, 0.4) is 0 Å². The fraction of sp³-hybridized carbons (Fsp3) is 0. The van der Waals surface area contributed by atoms with E-state index in [0.717, 1.165) is 60.5 Å². The molecule has 0 unspecified atom stereocenters. The summed E-state index contributed by atoms with van der Waals surface area (Å²) in [7, 11) is 0. The first kappa shape index (κ1) is 25.6. The third-order valence-electron chi connectivity index (χ3n) is 7.87. The van der Waals surface area contributed by atoms with Crippen LogP contribution in [0.15, 0.2) is 152 Å². The zero-order valence-electron chi connectivity index (χ0n) is 23.7. The monoisotopic (exact) mass is 563 g/mol. The van der Waals surface area contributed by atoms with Crippen LogP contribution >= 0.6 is 0 Å².